The number of anilines is 1. The van der Waals surface area contributed by atoms with Gasteiger partial charge in [0.05, 0.1) is 17.7 Å². The minimum absolute atomic E-state index is 0.0773. The number of piperazine rings is 1. The lowest BCUT2D eigenvalue weighted by molar-refractivity contribution is -0.125. The van der Waals surface area contributed by atoms with E-state index in [2.05, 4.69) is 20.9 Å². The Morgan fingerprint density at radius 1 is 1.36 bits per heavy atom. The Bertz CT molecular complexity index is 556. The Hall–Kier alpha value is -1.37. The summed E-state index contributed by atoms with van der Waals surface area (Å²) in [6, 6.07) is 4.96. The molecule has 2 unspecified atom stereocenters. The van der Waals surface area contributed by atoms with Crippen LogP contribution in [0.1, 0.15) is 12.8 Å². The zero-order chi connectivity index (χ0) is 15.5. The maximum Gasteiger partial charge on any atom is 0.234 e. The first-order chi connectivity index (χ1) is 10.6. The van der Waals surface area contributed by atoms with E-state index < -0.39 is 5.82 Å². The number of rotatable bonds is 3. The number of benzene rings is 1. The largest absolute Gasteiger partial charge is 0.382 e. The van der Waals surface area contributed by atoms with Crippen LogP contribution in [-0.2, 0) is 4.79 Å². The van der Waals surface area contributed by atoms with E-state index in [1.54, 1.807) is 12.1 Å². The molecule has 0 bridgehead atoms. The number of nitrogens with zero attached hydrogens (tertiary/aromatic N) is 1. The third-order valence-electron chi connectivity index (χ3n) is 4.18. The third-order valence-corrected chi connectivity index (χ3v) is 4.47. The molecule has 2 saturated heterocycles. The van der Waals surface area contributed by atoms with Crippen LogP contribution < -0.4 is 16.0 Å². The van der Waals surface area contributed by atoms with Gasteiger partial charge in [-0.15, -0.1) is 0 Å². The molecule has 2 aliphatic rings. The van der Waals surface area contributed by atoms with Crippen molar-refractivity contribution >= 4 is 23.2 Å². The number of carbonyl (C=O) groups excluding carboxylic acids is 1. The average Bonchev–Trinajstić information content (AvgIpc) is 2.51. The van der Waals surface area contributed by atoms with Crippen LogP contribution in [0.25, 0.3) is 0 Å². The van der Waals surface area contributed by atoms with Crippen LogP contribution in [0.2, 0.25) is 5.02 Å². The second-order valence-corrected chi connectivity index (χ2v) is 6.19. The molecule has 0 aromatic heterocycles. The molecule has 3 N–H and O–H groups in total. The summed E-state index contributed by atoms with van der Waals surface area (Å²) in [5.74, 6) is -0.330. The lowest BCUT2D eigenvalue weighted by Crippen LogP contribution is -2.59. The maximum absolute atomic E-state index is 13.2. The van der Waals surface area contributed by atoms with E-state index in [9.17, 15) is 9.18 Å². The van der Waals surface area contributed by atoms with Gasteiger partial charge in [-0.05, 0) is 37.6 Å². The van der Waals surface area contributed by atoms with E-state index in [-0.39, 0.29) is 23.1 Å². The van der Waals surface area contributed by atoms with E-state index in [1.165, 1.54) is 6.07 Å². The van der Waals surface area contributed by atoms with Gasteiger partial charge in [-0.3, -0.25) is 9.69 Å². The van der Waals surface area contributed by atoms with Gasteiger partial charge in [0.25, 0.3) is 0 Å². The Morgan fingerprint density at radius 3 is 3.00 bits per heavy atom. The molecule has 0 aliphatic carbocycles. The quantitative estimate of drug-likeness (QED) is 0.786. The average molecular weight is 327 g/mol. The molecule has 3 rings (SSSR count). The molecule has 22 heavy (non-hydrogen) atoms. The van der Waals surface area contributed by atoms with Gasteiger partial charge in [-0.1, -0.05) is 11.6 Å². The minimum atomic E-state index is -0.408. The number of hydrogen-bond acceptors (Lipinski definition) is 4. The molecular weight excluding hydrogens is 307 g/mol. The zero-order valence-electron chi connectivity index (χ0n) is 12.2. The van der Waals surface area contributed by atoms with Crippen LogP contribution in [0.5, 0.6) is 0 Å². The lowest BCUT2D eigenvalue weighted by atomic mass is 10.0. The molecule has 2 fully saturated rings. The molecule has 0 spiro atoms. The number of halogens is 2. The number of piperidine rings is 1. The van der Waals surface area contributed by atoms with Gasteiger partial charge in [0, 0.05) is 24.8 Å². The van der Waals surface area contributed by atoms with Gasteiger partial charge < -0.3 is 16.0 Å². The molecule has 1 aromatic rings. The summed E-state index contributed by atoms with van der Waals surface area (Å²) in [4.78, 5) is 13.7. The van der Waals surface area contributed by atoms with Gasteiger partial charge >= 0.3 is 0 Å². The van der Waals surface area contributed by atoms with Crippen molar-refractivity contribution in [2.75, 3.05) is 31.5 Å². The monoisotopic (exact) mass is 326 g/mol. The second kappa shape index (κ2) is 6.81. The molecule has 7 heteroatoms. The fourth-order valence-corrected chi connectivity index (χ4v) is 3.23. The predicted octanol–water partition coefficient (Wildman–Crippen LogP) is 1.40. The van der Waals surface area contributed by atoms with Crippen LogP contribution in [0.4, 0.5) is 10.1 Å². The summed E-state index contributed by atoms with van der Waals surface area (Å²) in [7, 11) is 0. The van der Waals surface area contributed by atoms with E-state index in [0.717, 1.165) is 31.6 Å². The van der Waals surface area contributed by atoms with Crippen molar-refractivity contribution in [2.24, 2.45) is 0 Å². The topological polar surface area (TPSA) is 56.4 Å². The van der Waals surface area contributed by atoms with Crippen LogP contribution in [0, 0.1) is 5.82 Å². The number of amides is 1. The van der Waals surface area contributed by atoms with Crippen molar-refractivity contribution in [1.29, 1.82) is 0 Å². The van der Waals surface area contributed by atoms with E-state index in [0.29, 0.717) is 13.1 Å². The van der Waals surface area contributed by atoms with Gasteiger partial charge in [0.2, 0.25) is 5.91 Å². The summed E-state index contributed by atoms with van der Waals surface area (Å²) in [6.07, 6.45) is 2.06. The molecule has 1 aromatic carbocycles. The molecule has 2 atom stereocenters. The first-order valence-corrected chi connectivity index (χ1v) is 7.95. The van der Waals surface area contributed by atoms with Crippen LogP contribution in [0.3, 0.4) is 0 Å². The third kappa shape index (κ3) is 3.69. The summed E-state index contributed by atoms with van der Waals surface area (Å²) in [6.45, 7) is 2.88. The molecule has 0 saturated carbocycles. The van der Waals surface area contributed by atoms with Gasteiger partial charge in [0.1, 0.15) is 5.82 Å². The summed E-state index contributed by atoms with van der Waals surface area (Å²) >= 11 is 5.82. The standard InChI is InChI=1S/C15H20ClFN4O/c16-12-7-10(1-2-13(12)17)20-11-3-4-18-14(8-11)21-6-5-19-15(22)9-21/h1-2,7,11,14,18,20H,3-6,8-9H2,(H,19,22). The Balaban J connectivity index is 1.60. The fourth-order valence-electron chi connectivity index (χ4n) is 3.05. The summed E-state index contributed by atoms with van der Waals surface area (Å²) < 4.78 is 13.2. The number of carbonyl (C=O) groups is 1. The second-order valence-electron chi connectivity index (χ2n) is 5.78. The van der Waals surface area contributed by atoms with Crippen LogP contribution >= 0.6 is 11.6 Å². The van der Waals surface area contributed by atoms with E-state index in [1.807, 2.05) is 0 Å². The van der Waals surface area contributed by atoms with Gasteiger partial charge in [-0.25, -0.2) is 4.39 Å². The molecule has 120 valence electrons. The molecular formula is C15H20ClFN4O. The SMILES string of the molecule is O=C1CN(C2CC(Nc3ccc(F)c(Cl)c3)CCN2)CCN1. The molecule has 2 heterocycles. The highest BCUT2D eigenvalue weighted by molar-refractivity contribution is 6.31. The molecule has 0 radical (unpaired) electrons. The first-order valence-electron chi connectivity index (χ1n) is 7.57. The fraction of sp³-hybridized carbons (Fsp3) is 0.533. The number of hydrogen-bond donors (Lipinski definition) is 3. The molecule has 5 nitrogen and oxygen atoms in total. The smallest absolute Gasteiger partial charge is 0.234 e. The lowest BCUT2D eigenvalue weighted by Gasteiger charge is -2.40. The predicted molar refractivity (Wildman–Crippen MR) is 84.4 cm³/mol. The zero-order valence-corrected chi connectivity index (χ0v) is 13.0. The Morgan fingerprint density at radius 2 is 2.23 bits per heavy atom. The highest BCUT2D eigenvalue weighted by Crippen LogP contribution is 2.22. The highest BCUT2D eigenvalue weighted by Gasteiger charge is 2.29. The van der Waals surface area contributed by atoms with E-state index >= 15 is 0 Å². The van der Waals surface area contributed by atoms with Crippen molar-refractivity contribution in [3.8, 4) is 0 Å². The Labute approximate surface area is 134 Å². The molecule has 2 aliphatic heterocycles. The van der Waals surface area contributed by atoms with Crippen molar-refractivity contribution in [1.82, 2.24) is 15.5 Å². The van der Waals surface area contributed by atoms with Gasteiger partial charge in [0.15, 0.2) is 0 Å². The van der Waals surface area contributed by atoms with Gasteiger partial charge in [-0.2, -0.15) is 0 Å². The Kier molecular flexibility index (Phi) is 4.81. The van der Waals surface area contributed by atoms with Crippen LogP contribution in [0.15, 0.2) is 18.2 Å². The minimum Gasteiger partial charge on any atom is -0.382 e. The van der Waals surface area contributed by atoms with Crippen molar-refractivity contribution in [3.63, 3.8) is 0 Å². The van der Waals surface area contributed by atoms with Crippen molar-refractivity contribution < 1.29 is 9.18 Å². The normalized spacial score (nSPS) is 26.5. The van der Waals surface area contributed by atoms with Crippen LogP contribution in [-0.4, -0.2) is 49.2 Å². The maximum atomic E-state index is 13.2. The molecule has 1 amide bonds. The van der Waals surface area contributed by atoms with E-state index in [4.69, 9.17) is 11.6 Å². The number of nitrogens with one attached hydrogen (secondary N) is 3. The first kappa shape index (κ1) is 15.5. The summed E-state index contributed by atoms with van der Waals surface area (Å²) in [5, 5.41) is 9.84. The highest BCUT2D eigenvalue weighted by atomic mass is 35.5. The van der Waals surface area contributed by atoms with Crippen molar-refractivity contribution in [3.05, 3.63) is 29.0 Å². The summed E-state index contributed by atoms with van der Waals surface area (Å²) in [5.41, 5.74) is 0.827. The van der Waals surface area contributed by atoms with Crippen molar-refractivity contribution in [2.45, 2.75) is 25.0 Å².